The summed E-state index contributed by atoms with van der Waals surface area (Å²) in [5.41, 5.74) is 1.80. The van der Waals surface area contributed by atoms with E-state index in [1.54, 1.807) is 24.3 Å². The molecule has 0 spiro atoms. The second kappa shape index (κ2) is 11.9. The van der Waals surface area contributed by atoms with E-state index in [1.807, 2.05) is 24.3 Å². The Morgan fingerprint density at radius 1 is 0.558 bits per heavy atom. The molecule has 4 aromatic carbocycles. The average molecular weight is 705 g/mol. The second-order valence-corrected chi connectivity index (χ2v) is 12.2. The molecule has 4 aromatic rings. The van der Waals surface area contributed by atoms with E-state index >= 15 is 0 Å². The van der Waals surface area contributed by atoms with Gasteiger partial charge in [0.05, 0.1) is 11.5 Å². The van der Waals surface area contributed by atoms with E-state index in [0.29, 0.717) is 50.6 Å². The molecule has 4 nitrogen and oxygen atoms in total. The van der Waals surface area contributed by atoms with Crippen molar-refractivity contribution in [2.45, 2.75) is 18.8 Å². The van der Waals surface area contributed by atoms with E-state index < -0.39 is 41.9 Å². The average Bonchev–Trinajstić information content (AvgIpc) is 3.58. The number of hydrogen-bond acceptors (Lipinski definition) is 4. The van der Waals surface area contributed by atoms with Crippen LogP contribution in [0.3, 0.4) is 0 Å². The quantitative estimate of drug-likeness (QED) is 0.132. The summed E-state index contributed by atoms with van der Waals surface area (Å²) in [4.78, 5) is 0. The van der Waals surface area contributed by atoms with Crippen molar-refractivity contribution >= 4 is 16.7 Å². The molecule has 1 unspecified atom stereocenters. The molecule has 252 valence electrons. The predicted octanol–water partition coefficient (Wildman–Crippen LogP) is 11.0. The number of fused-ring (bicyclic) bond motifs is 6. The fraction of sp³-hybridized carbons (Fsp3) is 0.100. The highest BCUT2D eigenvalue weighted by Gasteiger charge is 2.41. The number of allylic oxidation sites excluding steroid dienone is 6. The summed E-state index contributed by atoms with van der Waals surface area (Å²) in [5.74, 6) is -4.14. The van der Waals surface area contributed by atoms with Crippen molar-refractivity contribution in [2.75, 3.05) is 0 Å². The van der Waals surface area contributed by atoms with Crippen LogP contribution in [0.15, 0.2) is 95.9 Å². The van der Waals surface area contributed by atoms with Crippen LogP contribution in [-0.4, -0.2) is 6.18 Å². The molecule has 1 atom stereocenters. The van der Waals surface area contributed by atoms with Gasteiger partial charge in [-0.2, -0.15) is 47.4 Å². The molecule has 0 fully saturated rings. The van der Waals surface area contributed by atoms with Crippen LogP contribution in [0.25, 0.3) is 50.1 Å². The molecule has 0 saturated carbocycles. The lowest BCUT2D eigenvalue weighted by Crippen LogP contribution is -2.22. The number of rotatable bonds is 2. The van der Waals surface area contributed by atoms with Gasteiger partial charge in [0.25, 0.3) is 0 Å². The van der Waals surface area contributed by atoms with Gasteiger partial charge in [-0.3, -0.25) is 0 Å². The Morgan fingerprint density at radius 2 is 1.06 bits per heavy atom. The summed E-state index contributed by atoms with van der Waals surface area (Å²) in [7, 11) is 0. The molecule has 0 amide bonds. The number of hydrogen-bond donors (Lipinski definition) is 0. The topological polar surface area (TPSA) is 95.2 Å². The minimum atomic E-state index is -4.83. The van der Waals surface area contributed by atoms with Crippen LogP contribution in [0.2, 0.25) is 0 Å². The Hall–Kier alpha value is -6.76. The largest absolute Gasteiger partial charge is 0.416 e. The minimum absolute atomic E-state index is 0.0366. The molecule has 0 heterocycles. The Morgan fingerprint density at radius 3 is 1.58 bits per heavy atom. The highest BCUT2D eigenvalue weighted by atomic mass is 19.4. The third-order valence-electron chi connectivity index (χ3n) is 9.22. The summed E-state index contributed by atoms with van der Waals surface area (Å²) < 4.78 is 110. The highest BCUT2D eigenvalue weighted by molar-refractivity contribution is 6.11. The van der Waals surface area contributed by atoms with Crippen molar-refractivity contribution in [3.8, 4) is 57.7 Å². The minimum Gasteiger partial charge on any atom is -0.212 e. The number of nitrogens with zero attached hydrogens (tertiary/aromatic N) is 4. The molecule has 0 aliphatic heterocycles. The van der Waals surface area contributed by atoms with Crippen LogP contribution >= 0.6 is 0 Å². The molecule has 3 aliphatic rings. The lowest BCUT2D eigenvalue weighted by atomic mass is 9.89. The first-order valence-corrected chi connectivity index (χ1v) is 15.3. The monoisotopic (exact) mass is 704 g/mol. The number of nitriles is 4. The summed E-state index contributed by atoms with van der Waals surface area (Å²) in [6.45, 7) is 0. The van der Waals surface area contributed by atoms with E-state index in [9.17, 15) is 56.2 Å². The van der Waals surface area contributed by atoms with Crippen LogP contribution in [0.1, 0.15) is 39.8 Å². The van der Waals surface area contributed by atoms with E-state index in [0.717, 1.165) is 24.3 Å². The fourth-order valence-electron chi connectivity index (χ4n) is 6.96. The normalized spacial score (nSPS) is 15.5. The zero-order valence-corrected chi connectivity index (χ0v) is 26.1. The zero-order chi connectivity index (χ0) is 37.3. The first-order valence-electron chi connectivity index (χ1n) is 15.3. The van der Waals surface area contributed by atoms with Gasteiger partial charge in [0.15, 0.2) is 0 Å². The molecular weight excluding hydrogens is 688 g/mol. The Balaban J connectivity index is 1.44. The third-order valence-corrected chi connectivity index (χ3v) is 9.22. The molecule has 3 aliphatic carbocycles. The van der Waals surface area contributed by atoms with Gasteiger partial charge >= 0.3 is 12.4 Å². The van der Waals surface area contributed by atoms with E-state index in [2.05, 4.69) is 0 Å². The standard InChI is InChI=1S/C40H16F8N4/c41-27-7-21(5-25(11-27)39(43,44)45)19-1-3-29-31-13-32-30-4-2-20(22-6-26(40(46,47)48)12-28(42)8-22)10-34(30)38(24(17-51)18-52)36(32)14-35(31)37(33(29)9-19)23(15-49)16-50/h1-11,13-14,26H,12H2. The fourth-order valence-corrected chi connectivity index (χ4v) is 6.96. The summed E-state index contributed by atoms with van der Waals surface area (Å²) in [5, 5.41) is 39.9. The summed E-state index contributed by atoms with van der Waals surface area (Å²) in [6.07, 6.45) is -8.44. The zero-order valence-electron chi connectivity index (χ0n) is 26.1. The molecule has 0 N–H and O–H groups in total. The number of alkyl halides is 6. The Bertz CT molecular complexity index is 2560. The van der Waals surface area contributed by atoms with Gasteiger partial charge < -0.3 is 0 Å². The maximum absolute atomic E-state index is 14.4. The molecule has 12 heteroatoms. The first-order chi connectivity index (χ1) is 24.7. The molecule has 52 heavy (non-hydrogen) atoms. The highest BCUT2D eigenvalue weighted by Crippen LogP contribution is 2.54. The maximum atomic E-state index is 14.4. The van der Waals surface area contributed by atoms with Gasteiger partial charge in [-0.25, -0.2) is 8.78 Å². The van der Waals surface area contributed by atoms with Gasteiger partial charge in [0.2, 0.25) is 0 Å². The van der Waals surface area contributed by atoms with Crippen LogP contribution in [0, 0.1) is 57.1 Å². The third kappa shape index (κ3) is 5.43. The van der Waals surface area contributed by atoms with Crippen molar-refractivity contribution in [3.63, 3.8) is 0 Å². The van der Waals surface area contributed by atoms with E-state index in [4.69, 9.17) is 0 Å². The van der Waals surface area contributed by atoms with E-state index in [1.165, 1.54) is 24.3 Å². The van der Waals surface area contributed by atoms with E-state index in [-0.39, 0.29) is 44.6 Å². The predicted molar refractivity (Wildman–Crippen MR) is 174 cm³/mol. The van der Waals surface area contributed by atoms with Gasteiger partial charge in [-0.15, -0.1) is 0 Å². The number of benzene rings is 4. The van der Waals surface area contributed by atoms with Gasteiger partial charge in [-0.1, -0.05) is 30.3 Å². The van der Waals surface area contributed by atoms with Crippen LogP contribution in [-0.2, 0) is 6.18 Å². The van der Waals surface area contributed by atoms with Crippen LogP contribution < -0.4 is 0 Å². The molecular formula is C40H16F8N4. The summed E-state index contributed by atoms with van der Waals surface area (Å²) in [6, 6.07) is 21.8. The van der Waals surface area contributed by atoms with Crippen molar-refractivity contribution in [3.05, 3.63) is 135 Å². The van der Waals surface area contributed by atoms with Crippen molar-refractivity contribution in [1.82, 2.24) is 0 Å². The van der Waals surface area contributed by atoms with Gasteiger partial charge in [0.1, 0.15) is 47.1 Å². The first kappa shape index (κ1) is 33.7. The molecule has 0 saturated heterocycles. The van der Waals surface area contributed by atoms with Gasteiger partial charge in [-0.05, 0) is 115 Å². The number of halogens is 8. The molecule has 7 rings (SSSR count). The lowest BCUT2D eigenvalue weighted by molar-refractivity contribution is -0.161. The maximum Gasteiger partial charge on any atom is 0.416 e. The molecule has 0 aromatic heterocycles. The van der Waals surface area contributed by atoms with Crippen molar-refractivity contribution in [2.24, 2.45) is 5.92 Å². The summed E-state index contributed by atoms with van der Waals surface area (Å²) >= 11 is 0. The SMILES string of the molecule is N#CC(C#N)=C1c2cc(C3=CC(C(F)(F)F)CC(F)=C3)ccc2-c2cc3c(cc21)C(=C(C#N)C#N)c1cc(-c2cc(F)cc(C(F)(F)F)c2)ccc1-3. The van der Waals surface area contributed by atoms with Crippen molar-refractivity contribution < 1.29 is 35.1 Å². The van der Waals surface area contributed by atoms with Gasteiger partial charge in [0, 0.05) is 17.6 Å². The van der Waals surface area contributed by atoms with Crippen molar-refractivity contribution in [1.29, 1.82) is 21.0 Å². The Kier molecular flexibility index (Phi) is 7.74. The Labute approximate surface area is 290 Å². The smallest absolute Gasteiger partial charge is 0.212 e. The van der Waals surface area contributed by atoms with Crippen LogP contribution in [0.5, 0.6) is 0 Å². The van der Waals surface area contributed by atoms with Crippen LogP contribution in [0.4, 0.5) is 35.1 Å². The lowest BCUT2D eigenvalue weighted by Gasteiger charge is -2.21. The molecule has 0 bridgehead atoms. The second-order valence-electron chi connectivity index (χ2n) is 12.2. The molecule has 0 radical (unpaired) electrons.